The Morgan fingerprint density at radius 3 is 2.42 bits per heavy atom. The predicted octanol–water partition coefficient (Wildman–Crippen LogP) is 4.77. The Morgan fingerprint density at radius 1 is 0.921 bits per heavy atom. The van der Waals surface area contributed by atoms with E-state index in [4.69, 9.17) is 0 Å². The van der Waals surface area contributed by atoms with E-state index in [9.17, 15) is 4.79 Å². The molecule has 198 valence electrons. The summed E-state index contributed by atoms with van der Waals surface area (Å²) in [7, 11) is 0. The van der Waals surface area contributed by atoms with Crippen LogP contribution in [0.15, 0.2) is 41.2 Å². The summed E-state index contributed by atoms with van der Waals surface area (Å²) in [5.41, 5.74) is 7.74. The number of rotatable bonds is 5. The van der Waals surface area contributed by atoms with Crippen molar-refractivity contribution in [3.05, 3.63) is 80.4 Å². The van der Waals surface area contributed by atoms with Crippen LogP contribution in [0.4, 0.5) is 5.69 Å². The van der Waals surface area contributed by atoms with Crippen molar-refractivity contribution in [2.24, 2.45) is 0 Å². The van der Waals surface area contributed by atoms with E-state index < -0.39 is 0 Å². The van der Waals surface area contributed by atoms with Crippen LogP contribution in [0, 0.1) is 27.7 Å². The minimum atomic E-state index is -0.306. The number of benzene rings is 2. The SMILES string of the molecule is Cc1cccc(N2CCN(C(c3cc4c(C)ccc(C)c4[nH]c3=O)c3nnnn3C3CCCC3)CC2)c1C. The molecule has 1 saturated heterocycles. The molecule has 6 rings (SSSR count). The maximum Gasteiger partial charge on any atom is 0.253 e. The molecule has 8 nitrogen and oxygen atoms in total. The molecule has 1 aliphatic carbocycles. The molecule has 0 radical (unpaired) electrons. The van der Waals surface area contributed by atoms with E-state index in [1.54, 1.807) is 0 Å². The molecule has 1 unspecified atom stereocenters. The molecule has 1 aliphatic heterocycles. The Balaban J connectivity index is 1.41. The summed E-state index contributed by atoms with van der Waals surface area (Å²) in [4.78, 5) is 21.8. The fourth-order valence-corrected chi connectivity index (χ4v) is 6.38. The second-order valence-corrected chi connectivity index (χ2v) is 11.1. The van der Waals surface area contributed by atoms with E-state index >= 15 is 0 Å². The largest absolute Gasteiger partial charge is 0.369 e. The van der Waals surface area contributed by atoms with Gasteiger partial charge >= 0.3 is 0 Å². The van der Waals surface area contributed by atoms with Crippen LogP contribution < -0.4 is 10.5 Å². The topological polar surface area (TPSA) is 82.9 Å². The number of fused-ring (bicyclic) bond motifs is 1. The highest BCUT2D eigenvalue weighted by molar-refractivity contribution is 5.85. The monoisotopic (exact) mass is 511 g/mol. The number of nitrogens with one attached hydrogen (secondary N) is 1. The van der Waals surface area contributed by atoms with E-state index in [1.165, 1.54) is 29.7 Å². The first kappa shape index (κ1) is 24.8. The third kappa shape index (κ3) is 4.30. The highest BCUT2D eigenvalue weighted by Crippen LogP contribution is 2.35. The maximum absolute atomic E-state index is 13.7. The van der Waals surface area contributed by atoms with Gasteiger partial charge in [0.1, 0.15) is 6.04 Å². The third-order valence-electron chi connectivity index (χ3n) is 8.80. The zero-order valence-corrected chi connectivity index (χ0v) is 22.9. The number of aryl methyl sites for hydroxylation is 3. The molecule has 8 heteroatoms. The van der Waals surface area contributed by atoms with E-state index in [0.717, 1.165) is 72.4 Å². The highest BCUT2D eigenvalue weighted by Gasteiger charge is 2.35. The Bertz CT molecular complexity index is 1520. The summed E-state index contributed by atoms with van der Waals surface area (Å²) < 4.78 is 2.02. The summed E-state index contributed by atoms with van der Waals surface area (Å²) >= 11 is 0. The van der Waals surface area contributed by atoms with Crippen molar-refractivity contribution in [3.8, 4) is 0 Å². The van der Waals surface area contributed by atoms with Crippen molar-refractivity contribution in [1.82, 2.24) is 30.1 Å². The first-order valence-electron chi connectivity index (χ1n) is 13.9. The molecule has 1 saturated carbocycles. The molecule has 1 N–H and O–H groups in total. The van der Waals surface area contributed by atoms with Crippen molar-refractivity contribution in [3.63, 3.8) is 0 Å². The number of hydrogen-bond donors (Lipinski definition) is 1. The van der Waals surface area contributed by atoms with Crippen LogP contribution in [0.25, 0.3) is 10.9 Å². The van der Waals surface area contributed by atoms with E-state index in [2.05, 4.69) is 87.5 Å². The minimum Gasteiger partial charge on any atom is -0.369 e. The van der Waals surface area contributed by atoms with Gasteiger partial charge < -0.3 is 9.88 Å². The standard InChI is InChI=1S/C30H37N7O/c1-19-8-7-11-26(22(19)4)35-14-16-36(17-15-35)28(29-32-33-34-37(29)23-9-5-6-10-23)25-18-24-20(2)12-13-21(3)27(24)31-30(25)38/h7-8,11-13,18,23,28H,5-6,9-10,14-17H2,1-4H3,(H,31,38). The summed E-state index contributed by atoms with van der Waals surface area (Å²) in [5.74, 6) is 0.784. The molecule has 1 atom stereocenters. The van der Waals surface area contributed by atoms with Gasteiger partial charge in [-0.1, -0.05) is 37.1 Å². The summed E-state index contributed by atoms with van der Waals surface area (Å²) in [6, 6.07) is 12.8. The van der Waals surface area contributed by atoms with Gasteiger partial charge in [0.15, 0.2) is 5.82 Å². The van der Waals surface area contributed by atoms with Crippen molar-refractivity contribution in [2.75, 3.05) is 31.1 Å². The van der Waals surface area contributed by atoms with Crippen LogP contribution in [0.3, 0.4) is 0 Å². The fourth-order valence-electron chi connectivity index (χ4n) is 6.38. The summed E-state index contributed by atoms with van der Waals surface area (Å²) in [5, 5.41) is 14.2. The lowest BCUT2D eigenvalue weighted by atomic mass is 9.98. The molecule has 2 aromatic carbocycles. The van der Waals surface area contributed by atoms with Crippen molar-refractivity contribution in [2.45, 2.75) is 65.5 Å². The lowest BCUT2D eigenvalue weighted by Gasteiger charge is -2.40. The van der Waals surface area contributed by atoms with Crippen LogP contribution in [-0.2, 0) is 0 Å². The van der Waals surface area contributed by atoms with Crippen molar-refractivity contribution in [1.29, 1.82) is 0 Å². The van der Waals surface area contributed by atoms with Gasteiger partial charge in [0.2, 0.25) is 0 Å². The van der Waals surface area contributed by atoms with Crippen LogP contribution in [0.1, 0.15) is 71.4 Å². The quantitative estimate of drug-likeness (QED) is 0.415. The lowest BCUT2D eigenvalue weighted by Crippen LogP contribution is -2.49. The predicted molar refractivity (Wildman–Crippen MR) is 151 cm³/mol. The number of aromatic amines is 1. The van der Waals surface area contributed by atoms with E-state index in [1.807, 2.05) is 11.6 Å². The normalized spacial score (nSPS) is 17.9. The summed E-state index contributed by atoms with van der Waals surface area (Å²) in [6.45, 7) is 11.9. The first-order chi connectivity index (χ1) is 18.4. The molecule has 0 bridgehead atoms. The van der Waals surface area contributed by atoms with Crippen LogP contribution in [0.2, 0.25) is 0 Å². The average Bonchev–Trinajstić information content (AvgIpc) is 3.62. The number of hydrogen-bond acceptors (Lipinski definition) is 6. The zero-order valence-electron chi connectivity index (χ0n) is 22.9. The van der Waals surface area contributed by atoms with Gasteiger partial charge in [-0.3, -0.25) is 9.69 Å². The minimum absolute atomic E-state index is 0.0610. The van der Waals surface area contributed by atoms with Gasteiger partial charge in [0.25, 0.3) is 5.56 Å². The smallest absolute Gasteiger partial charge is 0.253 e. The number of piperazine rings is 1. The molecular formula is C30H37N7O. The third-order valence-corrected chi connectivity index (χ3v) is 8.80. The molecule has 4 aromatic rings. The highest BCUT2D eigenvalue weighted by atomic mass is 16.1. The second-order valence-electron chi connectivity index (χ2n) is 11.1. The Hall–Kier alpha value is -3.52. The number of aromatic nitrogens is 5. The Morgan fingerprint density at radius 2 is 1.66 bits per heavy atom. The van der Waals surface area contributed by atoms with Crippen LogP contribution in [-0.4, -0.2) is 56.3 Å². The molecular weight excluding hydrogens is 474 g/mol. The van der Waals surface area contributed by atoms with E-state index in [0.29, 0.717) is 6.04 Å². The molecule has 3 heterocycles. The van der Waals surface area contributed by atoms with Gasteiger partial charge in [0.05, 0.1) is 11.6 Å². The summed E-state index contributed by atoms with van der Waals surface area (Å²) in [6.07, 6.45) is 4.55. The number of pyridine rings is 1. The molecule has 38 heavy (non-hydrogen) atoms. The Kier molecular flexibility index (Phi) is 6.51. The fraction of sp³-hybridized carbons (Fsp3) is 0.467. The Labute approximate surface area is 223 Å². The molecule has 0 amide bonds. The number of nitrogens with zero attached hydrogens (tertiary/aromatic N) is 6. The van der Waals surface area contributed by atoms with Gasteiger partial charge in [0, 0.05) is 42.8 Å². The molecule has 2 fully saturated rings. The molecule has 0 spiro atoms. The second kappa shape index (κ2) is 9.98. The molecule has 2 aliphatic rings. The maximum atomic E-state index is 13.7. The van der Waals surface area contributed by atoms with Gasteiger partial charge in [-0.2, -0.15) is 0 Å². The van der Waals surface area contributed by atoms with E-state index in [-0.39, 0.29) is 11.6 Å². The van der Waals surface area contributed by atoms with Crippen molar-refractivity contribution >= 4 is 16.6 Å². The zero-order chi connectivity index (χ0) is 26.4. The molecule has 2 aromatic heterocycles. The van der Waals surface area contributed by atoms with Gasteiger partial charge in [-0.05, 0) is 85.3 Å². The van der Waals surface area contributed by atoms with Gasteiger partial charge in [-0.15, -0.1) is 5.10 Å². The number of tetrazole rings is 1. The number of anilines is 1. The van der Waals surface area contributed by atoms with Crippen LogP contribution in [0.5, 0.6) is 0 Å². The average molecular weight is 512 g/mol. The van der Waals surface area contributed by atoms with Gasteiger partial charge in [-0.25, -0.2) is 4.68 Å². The lowest BCUT2D eigenvalue weighted by molar-refractivity contribution is 0.196. The van der Waals surface area contributed by atoms with Crippen LogP contribution >= 0.6 is 0 Å². The first-order valence-corrected chi connectivity index (χ1v) is 13.9. The number of H-pyrrole nitrogens is 1. The van der Waals surface area contributed by atoms with Crippen molar-refractivity contribution < 1.29 is 0 Å².